The summed E-state index contributed by atoms with van der Waals surface area (Å²) < 4.78 is 0. The fraction of sp³-hybridized carbons (Fsp3) is 0.182. The molecule has 2 aromatic rings. The van der Waals surface area contributed by atoms with Crippen LogP contribution in [0.2, 0.25) is 0 Å². The molecule has 0 fully saturated rings. The molecule has 0 atom stereocenters. The molecule has 1 heterocycles. The summed E-state index contributed by atoms with van der Waals surface area (Å²) in [5, 5.41) is 0. The highest BCUT2D eigenvalue weighted by atomic mass is 15.2. The summed E-state index contributed by atoms with van der Waals surface area (Å²) in [7, 11) is 4.07. The van der Waals surface area contributed by atoms with E-state index in [2.05, 4.69) is 32.0 Å². The van der Waals surface area contributed by atoms with Crippen LogP contribution >= 0.6 is 0 Å². The number of hydrogen-bond donors (Lipinski definition) is 3. The van der Waals surface area contributed by atoms with Crippen molar-refractivity contribution in [2.45, 2.75) is 0 Å². The van der Waals surface area contributed by atoms with Gasteiger partial charge in [-0.05, 0) is 12.1 Å². The van der Waals surface area contributed by atoms with Crippen LogP contribution in [-0.2, 0) is 0 Å². The van der Waals surface area contributed by atoms with Gasteiger partial charge in [0.2, 0.25) is 17.8 Å². The van der Waals surface area contributed by atoms with E-state index in [1.807, 2.05) is 32.3 Å². The lowest BCUT2D eigenvalue weighted by molar-refractivity contribution is 1.09. The molecule has 2 rings (SSSR count). The van der Waals surface area contributed by atoms with Crippen molar-refractivity contribution in [3.8, 4) is 0 Å². The maximum Gasteiger partial charge on any atom is 0.226 e. The Kier molecular flexibility index (Phi) is 4.67. The zero-order valence-corrected chi connectivity index (χ0v) is 10.4. The molecule has 0 radical (unpaired) electrons. The Morgan fingerprint density at radius 2 is 1.17 bits per heavy atom. The third-order valence-electron chi connectivity index (χ3n) is 1.96. The molecule has 96 valence electrons. The van der Waals surface area contributed by atoms with Gasteiger partial charge in [-0.3, -0.25) is 0 Å². The lowest BCUT2D eigenvalue weighted by Gasteiger charge is -2.10. The topological polar surface area (TPSA) is 120 Å². The number of nitrogens with two attached hydrogens (primary N) is 3. The minimum absolute atomic E-state index is 0.0417. The predicted octanol–water partition coefficient (Wildman–Crippen LogP) is 0.371. The van der Waals surface area contributed by atoms with Gasteiger partial charge in [-0.2, -0.15) is 15.0 Å². The molecule has 0 saturated carbocycles. The van der Waals surface area contributed by atoms with Gasteiger partial charge in [0.25, 0.3) is 0 Å². The van der Waals surface area contributed by atoms with Crippen molar-refractivity contribution in [3.05, 3.63) is 30.3 Å². The minimum Gasteiger partial charge on any atom is -0.378 e. The molecule has 0 unspecified atom stereocenters. The number of benzene rings is 1. The van der Waals surface area contributed by atoms with Crippen molar-refractivity contribution >= 4 is 23.5 Å². The largest absolute Gasteiger partial charge is 0.378 e. The summed E-state index contributed by atoms with van der Waals surface area (Å²) >= 11 is 0. The summed E-state index contributed by atoms with van der Waals surface area (Å²) in [6.07, 6.45) is 0. The Labute approximate surface area is 106 Å². The monoisotopic (exact) mass is 247 g/mol. The van der Waals surface area contributed by atoms with Crippen molar-refractivity contribution in [1.82, 2.24) is 15.0 Å². The Morgan fingerprint density at radius 1 is 0.778 bits per heavy atom. The molecule has 7 heteroatoms. The third kappa shape index (κ3) is 4.52. The van der Waals surface area contributed by atoms with E-state index in [9.17, 15) is 0 Å². The van der Waals surface area contributed by atoms with Crippen molar-refractivity contribution in [2.75, 3.05) is 36.2 Å². The molecule has 0 amide bonds. The lowest BCUT2D eigenvalue weighted by atomic mass is 10.3. The number of nitrogen functional groups attached to an aromatic ring is 3. The van der Waals surface area contributed by atoms with E-state index in [4.69, 9.17) is 17.2 Å². The van der Waals surface area contributed by atoms with E-state index in [1.54, 1.807) is 0 Å². The third-order valence-corrected chi connectivity index (χ3v) is 1.96. The SMILES string of the molecule is CN(C)c1ccccc1.Nc1nc(N)nc(N)n1. The summed E-state index contributed by atoms with van der Waals surface area (Å²) in [5.74, 6) is 0.125. The molecule has 18 heavy (non-hydrogen) atoms. The Morgan fingerprint density at radius 3 is 1.44 bits per heavy atom. The number of nitrogens with zero attached hydrogens (tertiary/aromatic N) is 4. The fourth-order valence-corrected chi connectivity index (χ4v) is 1.15. The molecular weight excluding hydrogens is 230 g/mol. The van der Waals surface area contributed by atoms with E-state index >= 15 is 0 Å². The summed E-state index contributed by atoms with van der Waals surface area (Å²) in [4.78, 5) is 12.5. The molecule has 1 aromatic heterocycles. The normalized spacial score (nSPS) is 9.22. The first-order valence-corrected chi connectivity index (χ1v) is 5.24. The highest BCUT2D eigenvalue weighted by Gasteiger charge is 1.93. The van der Waals surface area contributed by atoms with Crippen molar-refractivity contribution in [1.29, 1.82) is 0 Å². The van der Waals surface area contributed by atoms with Crippen molar-refractivity contribution < 1.29 is 0 Å². The smallest absolute Gasteiger partial charge is 0.226 e. The van der Waals surface area contributed by atoms with Gasteiger partial charge in [-0.15, -0.1) is 0 Å². The second-order valence-corrected chi connectivity index (χ2v) is 3.64. The van der Waals surface area contributed by atoms with Crippen LogP contribution in [0.3, 0.4) is 0 Å². The number of rotatable bonds is 1. The van der Waals surface area contributed by atoms with E-state index in [0.717, 1.165) is 0 Å². The van der Waals surface area contributed by atoms with Crippen LogP contribution in [0.4, 0.5) is 23.5 Å². The molecule has 7 nitrogen and oxygen atoms in total. The van der Waals surface area contributed by atoms with Gasteiger partial charge < -0.3 is 22.1 Å². The fourth-order valence-electron chi connectivity index (χ4n) is 1.15. The first-order valence-electron chi connectivity index (χ1n) is 5.24. The Balaban J connectivity index is 0.000000180. The molecule has 0 bridgehead atoms. The molecule has 0 aliphatic rings. The summed E-state index contributed by atoms with van der Waals surface area (Å²) in [6, 6.07) is 10.3. The van der Waals surface area contributed by atoms with Gasteiger partial charge in [0.1, 0.15) is 0 Å². The zero-order chi connectivity index (χ0) is 13.5. The minimum atomic E-state index is 0.0417. The van der Waals surface area contributed by atoms with Gasteiger partial charge in [-0.25, -0.2) is 0 Å². The Hall–Kier alpha value is -2.57. The van der Waals surface area contributed by atoms with Crippen LogP contribution in [0, 0.1) is 0 Å². The van der Waals surface area contributed by atoms with Crippen molar-refractivity contribution in [3.63, 3.8) is 0 Å². The van der Waals surface area contributed by atoms with Gasteiger partial charge in [0.15, 0.2) is 0 Å². The van der Waals surface area contributed by atoms with E-state index in [0.29, 0.717) is 0 Å². The maximum atomic E-state index is 5.14. The molecule has 0 spiro atoms. The number of para-hydroxylation sites is 1. The van der Waals surface area contributed by atoms with Gasteiger partial charge in [-0.1, -0.05) is 18.2 Å². The van der Waals surface area contributed by atoms with Gasteiger partial charge >= 0.3 is 0 Å². The highest BCUT2D eigenvalue weighted by Crippen LogP contribution is 2.07. The number of hydrogen-bond acceptors (Lipinski definition) is 7. The van der Waals surface area contributed by atoms with E-state index in [-0.39, 0.29) is 17.8 Å². The van der Waals surface area contributed by atoms with Crippen LogP contribution < -0.4 is 22.1 Å². The van der Waals surface area contributed by atoms with Gasteiger partial charge in [0.05, 0.1) is 0 Å². The summed E-state index contributed by atoms with van der Waals surface area (Å²) in [5.41, 5.74) is 16.7. The predicted molar refractivity (Wildman–Crippen MR) is 73.8 cm³/mol. The average Bonchev–Trinajstić information content (AvgIpc) is 2.29. The molecule has 6 N–H and O–H groups in total. The first-order chi connectivity index (χ1) is 8.49. The van der Waals surface area contributed by atoms with Crippen LogP contribution in [0.5, 0.6) is 0 Å². The highest BCUT2D eigenvalue weighted by molar-refractivity contribution is 5.43. The molecule has 0 aliphatic heterocycles. The quantitative estimate of drug-likeness (QED) is 0.665. The first kappa shape index (κ1) is 13.5. The zero-order valence-electron chi connectivity index (χ0n) is 10.4. The maximum absolute atomic E-state index is 5.14. The van der Waals surface area contributed by atoms with E-state index in [1.165, 1.54) is 5.69 Å². The van der Waals surface area contributed by atoms with Crippen LogP contribution in [0.25, 0.3) is 0 Å². The van der Waals surface area contributed by atoms with Crippen LogP contribution in [-0.4, -0.2) is 29.0 Å². The van der Waals surface area contributed by atoms with Crippen molar-refractivity contribution in [2.24, 2.45) is 0 Å². The molecule has 1 aromatic carbocycles. The second-order valence-electron chi connectivity index (χ2n) is 3.64. The number of aromatic nitrogens is 3. The van der Waals surface area contributed by atoms with Crippen LogP contribution in [0.15, 0.2) is 30.3 Å². The average molecular weight is 247 g/mol. The van der Waals surface area contributed by atoms with Gasteiger partial charge in [0, 0.05) is 19.8 Å². The van der Waals surface area contributed by atoms with E-state index < -0.39 is 0 Å². The Bertz CT molecular complexity index is 434. The number of anilines is 4. The molecular formula is C11H17N7. The lowest BCUT2D eigenvalue weighted by Crippen LogP contribution is -2.07. The molecule has 0 aliphatic carbocycles. The molecule has 0 saturated heterocycles. The second kappa shape index (κ2) is 6.24. The standard InChI is InChI=1S/C8H11N.C3H6N6/c1-9(2)8-6-4-3-5-7-8;4-1-7-2(5)9-3(6)8-1/h3-7H,1-2H3;(H6,4,5,6,7,8,9). The summed E-state index contributed by atoms with van der Waals surface area (Å²) in [6.45, 7) is 0. The van der Waals surface area contributed by atoms with Crippen LogP contribution in [0.1, 0.15) is 0 Å².